The third kappa shape index (κ3) is 4.09. The quantitative estimate of drug-likeness (QED) is 0.675. The van der Waals surface area contributed by atoms with Crippen molar-refractivity contribution in [3.05, 3.63) is 72.6 Å². The van der Waals surface area contributed by atoms with E-state index in [1.807, 2.05) is 54.6 Å². The monoisotopic (exact) mass is 411 g/mol. The Balaban J connectivity index is 1.55. The molecule has 1 aliphatic heterocycles. The highest BCUT2D eigenvalue weighted by atomic mass is 32.2. The van der Waals surface area contributed by atoms with Crippen LogP contribution in [0.5, 0.6) is 0 Å². The van der Waals surface area contributed by atoms with Crippen LogP contribution in [0.15, 0.2) is 71.8 Å². The lowest BCUT2D eigenvalue weighted by Crippen LogP contribution is -2.40. The van der Waals surface area contributed by atoms with Gasteiger partial charge in [-0.05, 0) is 17.7 Å². The number of morpholine rings is 1. The largest absolute Gasteiger partial charge is 0.379 e. The average Bonchev–Trinajstić information content (AvgIpc) is 3.27. The maximum atomic E-state index is 12.7. The van der Waals surface area contributed by atoms with Crippen molar-refractivity contribution in [1.29, 1.82) is 0 Å². The highest BCUT2D eigenvalue weighted by molar-refractivity contribution is 7.89. The predicted molar refractivity (Wildman–Crippen MR) is 110 cm³/mol. The molecule has 7 nitrogen and oxygen atoms in total. The Bertz CT molecular complexity index is 1100. The molecule has 0 saturated carbocycles. The van der Waals surface area contributed by atoms with Gasteiger partial charge < -0.3 is 15.0 Å². The Labute approximate surface area is 169 Å². The molecule has 3 aromatic rings. The first kappa shape index (κ1) is 19.4. The number of sulfonamides is 1. The summed E-state index contributed by atoms with van der Waals surface area (Å²) in [4.78, 5) is 15.6. The number of nitrogens with zero attached hydrogens (tertiary/aromatic N) is 1. The number of nitrogens with one attached hydrogen (secondary N) is 2. The lowest BCUT2D eigenvalue weighted by molar-refractivity contribution is 0.0730. The van der Waals surface area contributed by atoms with Crippen LogP contribution in [0.1, 0.15) is 10.5 Å². The number of amides is 1. The molecule has 0 unspecified atom stereocenters. The number of H-pyrrole nitrogens is 1. The van der Waals surface area contributed by atoms with Crippen LogP contribution in [0.4, 0.5) is 5.69 Å². The highest BCUT2D eigenvalue weighted by Crippen LogP contribution is 2.28. The van der Waals surface area contributed by atoms with Gasteiger partial charge in [-0.3, -0.25) is 4.79 Å². The predicted octanol–water partition coefficient (Wildman–Crippen LogP) is 2.95. The van der Waals surface area contributed by atoms with E-state index in [-0.39, 0.29) is 10.6 Å². The molecular formula is C21H21N3O4S. The van der Waals surface area contributed by atoms with E-state index in [1.165, 1.54) is 16.6 Å². The van der Waals surface area contributed by atoms with E-state index in [2.05, 4.69) is 10.3 Å². The Morgan fingerprint density at radius 3 is 2.45 bits per heavy atom. The van der Waals surface area contributed by atoms with Crippen LogP contribution >= 0.6 is 0 Å². The minimum absolute atomic E-state index is 0.0703. The van der Waals surface area contributed by atoms with Crippen molar-refractivity contribution in [1.82, 2.24) is 9.29 Å². The van der Waals surface area contributed by atoms with Crippen molar-refractivity contribution >= 4 is 21.6 Å². The molecule has 1 aliphatic rings. The molecule has 1 amide bonds. The number of benzene rings is 2. The fourth-order valence-corrected chi connectivity index (χ4v) is 4.64. The zero-order valence-corrected chi connectivity index (χ0v) is 16.5. The number of ether oxygens (including phenoxy) is 1. The fourth-order valence-electron chi connectivity index (χ4n) is 3.24. The van der Waals surface area contributed by atoms with Gasteiger partial charge in [-0.1, -0.05) is 48.5 Å². The summed E-state index contributed by atoms with van der Waals surface area (Å²) < 4.78 is 32.1. The van der Waals surface area contributed by atoms with Gasteiger partial charge in [0.15, 0.2) is 0 Å². The first-order valence-electron chi connectivity index (χ1n) is 9.28. The molecule has 0 bridgehead atoms. The summed E-state index contributed by atoms with van der Waals surface area (Å²) in [5.74, 6) is -0.406. The molecule has 0 radical (unpaired) electrons. The smallest absolute Gasteiger partial charge is 0.272 e. The van der Waals surface area contributed by atoms with Crippen LogP contribution in [0, 0.1) is 0 Å². The molecule has 150 valence electrons. The van der Waals surface area contributed by atoms with E-state index >= 15 is 0 Å². The minimum atomic E-state index is -3.66. The number of carbonyl (C=O) groups is 1. The molecule has 4 rings (SSSR count). The standard InChI is InChI=1S/C21H21N3O4S/c25-21(23-19-9-5-4-8-18(19)16-6-2-1-3-7-16)20-14-17(15-22-20)29(26,27)24-10-12-28-13-11-24/h1-9,14-15,22H,10-13H2,(H,23,25). The summed E-state index contributed by atoms with van der Waals surface area (Å²) in [5.41, 5.74) is 2.69. The molecule has 29 heavy (non-hydrogen) atoms. The molecule has 2 heterocycles. The Morgan fingerprint density at radius 1 is 1.00 bits per heavy atom. The molecule has 8 heteroatoms. The van der Waals surface area contributed by atoms with E-state index < -0.39 is 15.9 Å². The number of rotatable bonds is 5. The van der Waals surface area contributed by atoms with Gasteiger partial charge in [-0.2, -0.15) is 4.31 Å². The van der Waals surface area contributed by atoms with Gasteiger partial charge in [-0.15, -0.1) is 0 Å². The zero-order valence-electron chi connectivity index (χ0n) is 15.7. The Hall–Kier alpha value is -2.94. The molecule has 1 aromatic heterocycles. The second-order valence-electron chi connectivity index (χ2n) is 6.63. The summed E-state index contributed by atoms with van der Waals surface area (Å²) in [6.45, 7) is 1.35. The number of aromatic nitrogens is 1. The number of aromatic amines is 1. The first-order valence-corrected chi connectivity index (χ1v) is 10.7. The van der Waals surface area contributed by atoms with Crippen LogP contribution < -0.4 is 5.32 Å². The van der Waals surface area contributed by atoms with Gasteiger partial charge in [-0.25, -0.2) is 8.42 Å². The number of para-hydroxylation sites is 1. The molecule has 0 spiro atoms. The van der Waals surface area contributed by atoms with Gasteiger partial charge in [0.25, 0.3) is 5.91 Å². The van der Waals surface area contributed by atoms with E-state index in [0.717, 1.165) is 11.1 Å². The van der Waals surface area contributed by atoms with E-state index in [9.17, 15) is 13.2 Å². The summed E-state index contributed by atoms with van der Waals surface area (Å²) >= 11 is 0. The number of hydrogen-bond acceptors (Lipinski definition) is 4. The normalized spacial score (nSPS) is 15.2. The lowest BCUT2D eigenvalue weighted by Gasteiger charge is -2.25. The maximum absolute atomic E-state index is 12.7. The van der Waals surface area contributed by atoms with Crippen LogP contribution in [-0.2, 0) is 14.8 Å². The summed E-state index contributed by atoms with van der Waals surface area (Å²) in [6, 6.07) is 18.6. The van der Waals surface area contributed by atoms with E-state index in [0.29, 0.717) is 32.0 Å². The van der Waals surface area contributed by atoms with Gasteiger partial charge in [0.2, 0.25) is 10.0 Å². The van der Waals surface area contributed by atoms with Gasteiger partial charge in [0.05, 0.1) is 13.2 Å². The molecule has 1 saturated heterocycles. The van der Waals surface area contributed by atoms with Crippen molar-refractivity contribution in [2.75, 3.05) is 31.6 Å². The topological polar surface area (TPSA) is 91.5 Å². The molecule has 0 atom stereocenters. The number of anilines is 1. The zero-order chi connectivity index (χ0) is 20.3. The van der Waals surface area contributed by atoms with Gasteiger partial charge in [0.1, 0.15) is 10.6 Å². The maximum Gasteiger partial charge on any atom is 0.272 e. The minimum Gasteiger partial charge on any atom is -0.379 e. The van der Waals surface area contributed by atoms with Crippen molar-refractivity contribution in [2.24, 2.45) is 0 Å². The molecule has 2 N–H and O–H groups in total. The summed E-state index contributed by atoms with van der Waals surface area (Å²) in [6.07, 6.45) is 1.35. The molecule has 1 fully saturated rings. The molecular weight excluding hydrogens is 390 g/mol. The van der Waals surface area contributed by atoms with Crippen molar-refractivity contribution in [3.8, 4) is 11.1 Å². The second kappa shape index (κ2) is 8.20. The van der Waals surface area contributed by atoms with Crippen molar-refractivity contribution in [3.63, 3.8) is 0 Å². The summed E-state index contributed by atoms with van der Waals surface area (Å²) in [5, 5.41) is 2.87. The molecule has 2 aromatic carbocycles. The van der Waals surface area contributed by atoms with Crippen molar-refractivity contribution < 1.29 is 17.9 Å². The average molecular weight is 411 g/mol. The Kier molecular flexibility index (Phi) is 5.48. The second-order valence-corrected chi connectivity index (χ2v) is 8.57. The Morgan fingerprint density at radius 2 is 1.69 bits per heavy atom. The lowest BCUT2D eigenvalue weighted by atomic mass is 10.0. The molecule has 0 aliphatic carbocycles. The number of carbonyl (C=O) groups excluding carboxylic acids is 1. The first-order chi connectivity index (χ1) is 14.1. The van der Waals surface area contributed by atoms with Crippen LogP contribution in [-0.4, -0.2) is 49.9 Å². The van der Waals surface area contributed by atoms with Crippen LogP contribution in [0.2, 0.25) is 0 Å². The third-order valence-electron chi connectivity index (χ3n) is 4.77. The van der Waals surface area contributed by atoms with Gasteiger partial charge >= 0.3 is 0 Å². The van der Waals surface area contributed by atoms with Crippen LogP contribution in [0.3, 0.4) is 0 Å². The number of hydrogen-bond donors (Lipinski definition) is 2. The van der Waals surface area contributed by atoms with E-state index in [1.54, 1.807) is 0 Å². The SMILES string of the molecule is O=C(Nc1ccccc1-c1ccccc1)c1cc(S(=O)(=O)N2CCOCC2)c[nH]1. The summed E-state index contributed by atoms with van der Waals surface area (Å²) in [7, 11) is -3.66. The third-order valence-corrected chi connectivity index (χ3v) is 6.65. The van der Waals surface area contributed by atoms with Gasteiger partial charge in [0, 0.05) is 30.5 Å². The van der Waals surface area contributed by atoms with E-state index in [4.69, 9.17) is 4.74 Å². The fraction of sp³-hybridized carbons (Fsp3) is 0.190. The van der Waals surface area contributed by atoms with Crippen molar-refractivity contribution in [2.45, 2.75) is 4.90 Å². The highest BCUT2D eigenvalue weighted by Gasteiger charge is 2.28. The van der Waals surface area contributed by atoms with Crippen LogP contribution in [0.25, 0.3) is 11.1 Å².